The predicted octanol–water partition coefficient (Wildman–Crippen LogP) is 0.214. The van der Waals surface area contributed by atoms with Crippen molar-refractivity contribution >= 4 is 0 Å². The molecular weight excluding hydrogens is 152 g/mol. The second-order valence-electron chi connectivity index (χ2n) is 3.82. The van der Waals surface area contributed by atoms with Gasteiger partial charge in [-0.3, -0.25) is 0 Å². The molecule has 1 aliphatic rings. The summed E-state index contributed by atoms with van der Waals surface area (Å²) in [7, 11) is 0. The van der Waals surface area contributed by atoms with Crippen LogP contribution in [0.4, 0.5) is 0 Å². The fourth-order valence-electron chi connectivity index (χ4n) is 1.94. The van der Waals surface area contributed by atoms with Crippen LogP contribution < -0.4 is 11.5 Å². The number of hydrogen-bond donors (Lipinski definition) is 3. The molecule has 1 atom stereocenters. The maximum absolute atomic E-state index is 9.64. The molecule has 0 bridgehead atoms. The van der Waals surface area contributed by atoms with Gasteiger partial charge < -0.3 is 16.6 Å². The molecule has 0 amide bonds. The molecule has 3 heteroatoms. The maximum Gasteiger partial charge on any atom is 0.0580 e. The third-order valence-electron chi connectivity index (χ3n) is 2.82. The van der Waals surface area contributed by atoms with Gasteiger partial charge in [-0.1, -0.05) is 0 Å². The van der Waals surface area contributed by atoms with Crippen LogP contribution in [0.3, 0.4) is 0 Å². The first-order chi connectivity index (χ1) is 5.74. The fourth-order valence-corrected chi connectivity index (χ4v) is 1.94. The zero-order valence-electron chi connectivity index (χ0n) is 7.58. The summed E-state index contributed by atoms with van der Waals surface area (Å²) in [5, 5.41) is 9.64. The van der Waals surface area contributed by atoms with E-state index in [1.807, 2.05) is 0 Å². The van der Waals surface area contributed by atoms with Gasteiger partial charge in [0.05, 0.1) is 6.10 Å². The molecule has 0 aliphatic heterocycles. The number of hydrogen-bond acceptors (Lipinski definition) is 3. The third kappa shape index (κ3) is 2.73. The lowest BCUT2D eigenvalue weighted by Crippen LogP contribution is -2.32. The van der Waals surface area contributed by atoms with Crippen LogP contribution in [0.2, 0.25) is 0 Å². The van der Waals surface area contributed by atoms with E-state index >= 15 is 0 Å². The Labute approximate surface area is 74.1 Å². The van der Waals surface area contributed by atoms with Gasteiger partial charge in [-0.25, -0.2) is 0 Å². The average molecular weight is 172 g/mol. The van der Waals surface area contributed by atoms with Crippen LogP contribution in [-0.4, -0.2) is 23.8 Å². The summed E-state index contributed by atoms with van der Waals surface area (Å²) in [5.74, 6) is 0.452. The van der Waals surface area contributed by atoms with Crippen LogP contribution in [-0.2, 0) is 0 Å². The summed E-state index contributed by atoms with van der Waals surface area (Å²) in [6.07, 6.45) is 4.81. The molecular formula is C9H20N2O. The Morgan fingerprint density at radius 2 is 1.83 bits per heavy atom. The number of aliphatic hydroxyl groups excluding tert-OH is 1. The lowest BCUT2D eigenvalue weighted by Gasteiger charge is -2.29. The molecule has 0 radical (unpaired) electrons. The molecule has 72 valence electrons. The minimum atomic E-state index is -0.192. The van der Waals surface area contributed by atoms with Gasteiger partial charge in [0.1, 0.15) is 0 Å². The first-order valence-corrected chi connectivity index (χ1v) is 4.87. The summed E-state index contributed by atoms with van der Waals surface area (Å²) in [4.78, 5) is 0. The first-order valence-electron chi connectivity index (χ1n) is 4.87. The molecule has 0 aromatic heterocycles. The highest BCUT2D eigenvalue weighted by atomic mass is 16.3. The van der Waals surface area contributed by atoms with E-state index < -0.39 is 0 Å². The van der Waals surface area contributed by atoms with Crippen molar-refractivity contribution in [2.45, 2.75) is 44.2 Å². The summed E-state index contributed by atoms with van der Waals surface area (Å²) in [6.45, 7) is 0.587. The quantitative estimate of drug-likeness (QED) is 0.570. The van der Waals surface area contributed by atoms with Crippen molar-refractivity contribution in [3.8, 4) is 0 Å². The van der Waals surface area contributed by atoms with Crippen molar-refractivity contribution in [1.82, 2.24) is 0 Å². The highest BCUT2D eigenvalue weighted by Crippen LogP contribution is 2.26. The highest BCUT2D eigenvalue weighted by molar-refractivity contribution is 4.78. The Morgan fingerprint density at radius 1 is 1.25 bits per heavy atom. The standard InChI is InChI=1S/C9H20N2O/c10-6-5-9(12)7-1-3-8(11)4-2-7/h7-9,12H,1-6,10-11H2. The Kier molecular flexibility index (Phi) is 3.98. The first kappa shape index (κ1) is 9.96. The molecule has 1 fully saturated rings. The van der Waals surface area contributed by atoms with Gasteiger partial charge in [-0.15, -0.1) is 0 Å². The van der Waals surface area contributed by atoms with Crippen molar-refractivity contribution in [3.05, 3.63) is 0 Å². The molecule has 3 nitrogen and oxygen atoms in total. The van der Waals surface area contributed by atoms with Crippen molar-refractivity contribution in [2.24, 2.45) is 17.4 Å². The molecule has 1 unspecified atom stereocenters. The zero-order valence-corrected chi connectivity index (χ0v) is 7.58. The van der Waals surface area contributed by atoms with Gasteiger partial charge in [0, 0.05) is 6.04 Å². The van der Waals surface area contributed by atoms with Crippen LogP contribution in [0, 0.1) is 5.92 Å². The lowest BCUT2D eigenvalue weighted by molar-refractivity contribution is 0.0761. The topological polar surface area (TPSA) is 72.3 Å². The molecule has 0 heterocycles. The van der Waals surface area contributed by atoms with E-state index in [2.05, 4.69) is 0 Å². The molecule has 1 saturated carbocycles. The Hall–Kier alpha value is -0.120. The number of rotatable bonds is 3. The smallest absolute Gasteiger partial charge is 0.0580 e. The van der Waals surface area contributed by atoms with E-state index in [1.165, 1.54) is 0 Å². The van der Waals surface area contributed by atoms with Crippen LogP contribution >= 0.6 is 0 Å². The van der Waals surface area contributed by atoms with E-state index in [1.54, 1.807) is 0 Å². The molecule has 5 N–H and O–H groups in total. The zero-order chi connectivity index (χ0) is 8.97. The summed E-state index contributed by atoms with van der Waals surface area (Å²) in [6, 6.07) is 0.367. The number of aliphatic hydroxyl groups is 1. The minimum Gasteiger partial charge on any atom is -0.393 e. The SMILES string of the molecule is NCCC(O)C1CCC(N)CC1. The van der Waals surface area contributed by atoms with E-state index in [-0.39, 0.29) is 6.10 Å². The van der Waals surface area contributed by atoms with Gasteiger partial charge in [-0.2, -0.15) is 0 Å². The fraction of sp³-hybridized carbons (Fsp3) is 1.00. The summed E-state index contributed by atoms with van der Waals surface area (Å²) >= 11 is 0. The molecule has 0 spiro atoms. The largest absolute Gasteiger partial charge is 0.393 e. The Bertz CT molecular complexity index is 122. The van der Waals surface area contributed by atoms with Crippen LogP contribution in [0.1, 0.15) is 32.1 Å². The van der Waals surface area contributed by atoms with Crippen LogP contribution in [0.15, 0.2) is 0 Å². The second-order valence-corrected chi connectivity index (χ2v) is 3.82. The molecule has 0 aromatic carbocycles. The molecule has 12 heavy (non-hydrogen) atoms. The van der Waals surface area contributed by atoms with Gasteiger partial charge >= 0.3 is 0 Å². The van der Waals surface area contributed by atoms with Crippen LogP contribution in [0.25, 0.3) is 0 Å². The van der Waals surface area contributed by atoms with Crippen LogP contribution in [0.5, 0.6) is 0 Å². The highest BCUT2D eigenvalue weighted by Gasteiger charge is 2.23. The molecule has 1 aliphatic carbocycles. The van der Waals surface area contributed by atoms with Crippen molar-refractivity contribution in [3.63, 3.8) is 0 Å². The minimum absolute atomic E-state index is 0.192. The van der Waals surface area contributed by atoms with Crippen molar-refractivity contribution in [2.75, 3.05) is 6.54 Å². The summed E-state index contributed by atoms with van der Waals surface area (Å²) < 4.78 is 0. The van der Waals surface area contributed by atoms with Gasteiger partial charge in [0.2, 0.25) is 0 Å². The van der Waals surface area contributed by atoms with E-state index in [0.29, 0.717) is 18.5 Å². The van der Waals surface area contributed by atoms with Gasteiger partial charge in [0.25, 0.3) is 0 Å². The lowest BCUT2D eigenvalue weighted by atomic mass is 9.82. The van der Waals surface area contributed by atoms with E-state index in [4.69, 9.17) is 11.5 Å². The Balaban J connectivity index is 2.24. The normalized spacial score (nSPS) is 33.2. The van der Waals surface area contributed by atoms with E-state index in [9.17, 15) is 5.11 Å². The second kappa shape index (κ2) is 4.80. The summed E-state index contributed by atoms with van der Waals surface area (Å²) in [5.41, 5.74) is 11.1. The molecule has 0 saturated heterocycles. The average Bonchev–Trinajstić information content (AvgIpc) is 2.06. The Morgan fingerprint density at radius 3 is 2.33 bits per heavy atom. The van der Waals surface area contributed by atoms with Crippen molar-refractivity contribution < 1.29 is 5.11 Å². The van der Waals surface area contributed by atoms with Crippen molar-refractivity contribution in [1.29, 1.82) is 0 Å². The monoisotopic (exact) mass is 172 g/mol. The molecule has 0 aromatic rings. The van der Waals surface area contributed by atoms with Gasteiger partial charge in [0.15, 0.2) is 0 Å². The van der Waals surface area contributed by atoms with E-state index in [0.717, 1.165) is 32.1 Å². The number of nitrogens with two attached hydrogens (primary N) is 2. The van der Waals surface area contributed by atoms with Gasteiger partial charge in [-0.05, 0) is 44.6 Å². The predicted molar refractivity (Wildman–Crippen MR) is 49.6 cm³/mol. The molecule has 1 rings (SSSR count). The maximum atomic E-state index is 9.64. The third-order valence-corrected chi connectivity index (χ3v) is 2.82.